The maximum absolute atomic E-state index is 13.2. The maximum atomic E-state index is 13.2. The second-order valence-corrected chi connectivity index (χ2v) is 7.25. The highest BCUT2D eigenvalue weighted by molar-refractivity contribution is 6.08. The molecule has 0 unspecified atom stereocenters. The van der Waals surface area contributed by atoms with E-state index in [0.29, 0.717) is 39.9 Å². The standard InChI is InChI=1S/C26H29NO8/c1-7-34-25(28)22-15-27(17-11-20(32-5)14-21(12-17)33-6)24(23(22)26(29)35-8-2)16-9-18(30-3)13-19(10-16)31-4/h9-15H,7-8H2,1-6H3. The first-order valence-electron chi connectivity index (χ1n) is 11.0. The van der Waals surface area contributed by atoms with Crippen LogP contribution in [0.2, 0.25) is 0 Å². The molecule has 0 aliphatic heterocycles. The van der Waals surface area contributed by atoms with E-state index in [1.165, 1.54) is 28.4 Å². The largest absolute Gasteiger partial charge is 0.497 e. The Labute approximate surface area is 204 Å². The molecule has 186 valence electrons. The molecule has 0 spiro atoms. The second kappa shape index (κ2) is 11.3. The van der Waals surface area contributed by atoms with E-state index in [9.17, 15) is 9.59 Å². The minimum absolute atomic E-state index is 0.0578. The minimum Gasteiger partial charge on any atom is -0.497 e. The van der Waals surface area contributed by atoms with Crippen LogP contribution < -0.4 is 18.9 Å². The first-order chi connectivity index (χ1) is 16.9. The molecule has 0 aliphatic rings. The summed E-state index contributed by atoms with van der Waals surface area (Å²) in [5, 5.41) is 0. The number of ether oxygens (including phenoxy) is 6. The number of aromatic nitrogens is 1. The summed E-state index contributed by atoms with van der Waals surface area (Å²) >= 11 is 0. The molecule has 3 aromatic rings. The molecule has 0 bridgehead atoms. The number of methoxy groups -OCH3 is 4. The molecular weight excluding hydrogens is 454 g/mol. The van der Waals surface area contributed by atoms with E-state index in [2.05, 4.69) is 0 Å². The second-order valence-electron chi connectivity index (χ2n) is 7.25. The fraction of sp³-hybridized carbons (Fsp3) is 0.308. The Bertz CT molecular complexity index is 1170. The summed E-state index contributed by atoms with van der Waals surface area (Å²) in [6.07, 6.45) is 1.54. The van der Waals surface area contributed by atoms with Crippen LogP contribution in [0.5, 0.6) is 23.0 Å². The molecule has 0 amide bonds. The van der Waals surface area contributed by atoms with Crippen molar-refractivity contribution in [2.24, 2.45) is 0 Å². The van der Waals surface area contributed by atoms with Crippen LogP contribution in [-0.4, -0.2) is 58.2 Å². The van der Waals surface area contributed by atoms with Crippen molar-refractivity contribution in [3.63, 3.8) is 0 Å². The third-order valence-corrected chi connectivity index (χ3v) is 5.22. The number of carbonyl (C=O) groups excluding carboxylic acids is 2. The number of hydrogen-bond acceptors (Lipinski definition) is 8. The van der Waals surface area contributed by atoms with Crippen LogP contribution in [0.15, 0.2) is 42.6 Å². The van der Waals surface area contributed by atoms with Crippen molar-refractivity contribution in [2.75, 3.05) is 41.7 Å². The van der Waals surface area contributed by atoms with E-state index < -0.39 is 11.9 Å². The molecular formula is C26H29NO8. The zero-order valence-corrected chi connectivity index (χ0v) is 20.7. The molecule has 0 atom stereocenters. The van der Waals surface area contributed by atoms with Crippen molar-refractivity contribution in [3.8, 4) is 39.9 Å². The normalized spacial score (nSPS) is 10.5. The molecule has 0 N–H and O–H groups in total. The summed E-state index contributed by atoms with van der Waals surface area (Å²) in [6.45, 7) is 3.65. The average Bonchev–Trinajstić information content (AvgIpc) is 3.29. The van der Waals surface area contributed by atoms with Crippen LogP contribution in [0.1, 0.15) is 34.6 Å². The predicted molar refractivity (Wildman–Crippen MR) is 129 cm³/mol. The van der Waals surface area contributed by atoms with Crippen molar-refractivity contribution in [1.29, 1.82) is 0 Å². The van der Waals surface area contributed by atoms with E-state index in [4.69, 9.17) is 28.4 Å². The molecule has 3 rings (SSSR count). The Hall–Kier alpha value is -4.14. The van der Waals surface area contributed by atoms with E-state index in [0.717, 1.165) is 0 Å². The molecule has 1 heterocycles. The first-order valence-corrected chi connectivity index (χ1v) is 11.0. The Morgan fingerprint density at radius 3 is 1.60 bits per heavy atom. The number of hydrogen-bond donors (Lipinski definition) is 0. The molecule has 0 fully saturated rings. The van der Waals surface area contributed by atoms with Gasteiger partial charge in [0.15, 0.2) is 0 Å². The number of rotatable bonds is 10. The average molecular weight is 484 g/mol. The lowest BCUT2D eigenvalue weighted by atomic mass is 10.0. The highest BCUT2D eigenvalue weighted by Crippen LogP contribution is 2.38. The SMILES string of the molecule is CCOC(=O)c1cn(-c2cc(OC)cc(OC)c2)c(-c2cc(OC)cc(OC)c2)c1C(=O)OCC. The summed E-state index contributed by atoms with van der Waals surface area (Å²) in [5.74, 6) is 0.738. The Balaban J connectivity index is 2.45. The third-order valence-electron chi connectivity index (χ3n) is 5.22. The summed E-state index contributed by atoms with van der Waals surface area (Å²) in [6, 6.07) is 10.4. The highest BCUT2D eigenvalue weighted by atomic mass is 16.5. The van der Waals surface area contributed by atoms with E-state index >= 15 is 0 Å². The maximum Gasteiger partial charge on any atom is 0.341 e. The van der Waals surface area contributed by atoms with Crippen LogP contribution in [0.25, 0.3) is 16.9 Å². The molecule has 9 nitrogen and oxygen atoms in total. The van der Waals surface area contributed by atoms with Crippen LogP contribution in [0.4, 0.5) is 0 Å². The molecule has 9 heteroatoms. The number of esters is 2. The Morgan fingerprint density at radius 1 is 0.686 bits per heavy atom. The topological polar surface area (TPSA) is 94.5 Å². The smallest absolute Gasteiger partial charge is 0.341 e. The summed E-state index contributed by atoms with van der Waals surface area (Å²) in [7, 11) is 6.13. The minimum atomic E-state index is -0.666. The monoisotopic (exact) mass is 483 g/mol. The lowest BCUT2D eigenvalue weighted by Gasteiger charge is -2.15. The van der Waals surface area contributed by atoms with Gasteiger partial charge in [-0.25, -0.2) is 9.59 Å². The number of benzene rings is 2. The van der Waals surface area contributed by atoms with Crippen molar-refractivity contribution < 1.29 is 38.0 Å². The van der Waals surface area contributed by atoms with E-state index in [1.807, 2.05) is 0 Å². The van der Waals surface area contributed by atoms with Crippen molar-refractivity contribution in [2.45, 2.75) is 13.8 Å². The van der Waals surface area contributed by atoms with Gasteiger partial charge in [-0.3, -0.25) is 0 Å². The van der Waals surface area contributed by atoms with Gasteiger partial charge in [-0.05, 0) is 26.0 Å². The van der Waals surface area contributed by atoms with Crippen LogP contribution in [-0.2, 0) is 9.47 Å². The zero-order valence-electron chi connectivity index (χ0n) is 20.7. The Kier molecular flexibility index (Phi) is 8.25. The number of nitrogens with zero attached hydrogens (tertiary/aromatic N) is 1. The molecule has 0 saturated heterocycles. The zero-order chi connectivity index (χ0) is 25.5. The van der Waals surface area contributed by atoms with Gasteiger partial charge >= 0.3 is 11.9 Å². The van der Waals surface area contributed by atoms with Crippen molar-refractivity contribution in [3.05, 3.63) is 53.7 Å². The molecule has 0 aliphatic carbocycles. The highest BCUT2D eigenvalue weighted by Gasteiger charge is 2.30. The number of carbonyl (C=O) groups is 2. The quantitative estimate of drug-likeness (QED) is 0.388. The van der Waals surface area contributed by atoms with E-state index in [-0.39, 0.29) is 24.3 Å². The van der Waals surface area contributed by atoms with Gasteiger partial charge in [0.25, 0.3) is 0 Å². The van der Waals surface area contributed by atoms with Gasteiger partial charge in [0.05, 0.1) is 58.6 Å². The van der Waals surface area contributed by atoms with E-state index in [1.54, 1.807) is 61.0 Å². The molecule has 0 saturated carbocycles. The molecule has 35 heavy (non-hydrogen) atoms. The molecule has 1 aromatic heterocycles. The molecule has 2 aromatic carbocycles. The fourth-order valence-electron chi connectivity index (χ4n) is 3.64. The van der Waals surface area contributed by atoms with Crippen LogP contribution in [0.3, 0.4) is 0 Å². The van der Waals surface area contributed by atoms with Crippen molar-refractivity contribution >= 4 is 11.9 Å². The Morgan fingerprint density at radius 2 is 1.14 bits per heavy atom. The third kappa shape index (κ3) is 5.34. The summed E-state index contributed by atoms with van der Waals surface area (Å²) in [4.78, 5) is 26.2. The van der Waals surface area contributed by atoms with Crippen molar-refractivity contribution in [1.82, 2.24) is 4.57 Å². The van der Waals surface area contributed by atoms with Gasteiger partial charge in [-0.1, -0.05) is 0 Å². The first kappa shape index (κ1) is 25.5. The predicted octanol–water partition coefficient (Wildman–Crippen LogP) is 4.53. The van der Waals surface area contributed by atoms with Gasteiger partial charge in [-0.15, -0.1) is 0 Å². The lowest BCUT2D eigenvalue weighted by Crippen LogP contribution is -2.13. The van der Waals surface area contributed by atoms with Crippen LogP contribution in [0, 0.1) is 0 Å². The van der Waals surface area contributed by atoms with Gasteiger partial charge < -0.3 is 33.0 Å². The summed E-state index contributed by atoms with van der Waals surface area (Å²) in [5.41, 5.74) is 1.64. The summed E-state index contributed by atoms with van der Waals surface area (Å²) < 4.78 is 34.0. The lowest BCUT2D eigenvalue weighted by molar-refractivity contribution is 0.0481. The van der Waals surface area contributed by atoms with Gasteiger partial charge in [-0.2, -0.15) is 0 Å². The molecule has 0 radical (unpaired) electrons. The van der Waals surface area contributed by atoms with Gasteiger partial charge in [0.2, 0.25) is 0 Å². The van der Waals surface area contributed by atoms with Gasteiger partial charge in [0, 0.05) is 36.0 Å². The van der Waals surface area contributed by atoms with Crippen LogP contribution >= 0.6 is 0 Å². The fourth-order valence-corrected chi connectivity index (χ4v) is 3.64. The van der Waals surface area contributed by atoms with Gasteiger partial charge in [0.1, 0.15) is 28.6 Å².